The van der Waals surface area contributed by atoms with Gasteiger partial charge < -0.3 is 0 Å². The number of carbonyl (C=O) groups is 1. The van der Waals surface area contributed by atoms with Crippen molar-refractivity contribution in [1.82, 2.24) is 10.0 Å². The molecule has 5 nitrogen and oxygen atoms in total. The molecule has 0 aliphatic heterocycles. The number of benzene rings is 6. The molecule has 0 saturated heterocycles. The highest BCUT2D eigenvalue weighted by Gasteiger charge is 2.18. The molecule has 0 saturated carbocycles. The van der Waals surface area contributed by atoms with Crippen LogP contribution in [0, 0.1) is 0 Å². The maximum absolute atomic E-state index is 13.8. The third-order valence-electron chi connectivity index (χ3n) is 8.32. The summed E-state index contributed by atoms with van der Waals surface area (Å²) in [6.45, 7) is 2.47. The van der Waals surface area contributed by atoms with Gasteiger partial charge in [0.1, 0.15) is 0 Å². The van der Waals surface area contributed by atoms with E-state index >= 15 is 0 Å². The van der Waals surface area contributed by atoms with Gasteiger partial charge in [-0.15, -0.1) is 0 Å². The Bertz CT molecular complexity index is 1860. The lowest BCUT2D eigenvalue weighted by molar-refractivity contribution is 0.0999. The van der Waals surface area contributed by atoms with Crippen molar-refractivity contribution in [3.63, 3.8) is 0 Å². The Labute approximate surface area is 295 Å². The molecule has 0 aliphatic carbocycles. The molecule has 0 unspecified atom stereocenters. The molecule has 0 bridgehead atoms. The van der Waals surface area contributed by atoms with E-state index in [2.05, 4.69) is 94.9 Å². The maximum atomic E-state index is 13.8. The molecule has 0 amide bonds. The number of carbonyl (C=O) groups excluding carboxylic acids is 1. The van der Waals surface area contributed by atoms with Gasteiger partial charge in [-0.05, 0) is 27.8 Å². The molecular weight excluding hydrogens is 613 g/mol. The van der Waals surface area contributed by atoms with Crippen molar-refractivity contribution in [2.75, 3.05) is 0 Å². The lowest BCUT2D eigenvalue weighted by Gasteiger charge is -2.24. The van der Waals surface area contributed by atoms with Crippen molar-refractivity contribution in [3.8, 4) is 0 Å². The normalized spacial score (nSPS) is 11.6. The third-order valence-corrected chi connectivity index (χ3v) is 8.32. The third kappa shape index (κ3) is 10.5. The van der Waals surface area contributed by atoms with Crippen molar-refractivity contribution in [2.45, 2.75) is 39.0 Å². The predicted molar refractivity (Wildman–Crippen MR) is 205 cm³/mol. The van der Waals surface area contributed by atoms with Crippen molar-refractivity contribution < 1.29 is 4.79 Å². The van der Waals surface area contributed by atoms with E-state index < -0.39 is 0 Å². The van der Waals surface area contributed by atoms with Gasteiger partial charge in [-0.2, -0.15) is 10.2 Å². The number of ketones is 1. The standard InChI is InChI=1S/C45H42N4O/c50-45(42-29-17-6-18-30-42)32-43(46-48(33-37-19-7-1-8-20-37)34-38-21-9-2-10-22-38)31-44(41-27-15-5-16-28-41)47-49(35-39-23-11-3-12-24-39)36-40-25-13-4-14-26-40/h1-30H,31-36H2. The molecule has 6 rings (SSSR count). The summed E-state index contributed by atoms with van der Waals surface area (Å²) in [6, 6.07) is 61.3. The van der Waals surface area contributed by atoms with Crippen LogP contribution >= 0.6 is 0 Å². The van der Waals surface area contributed by atoms with Crippen molar-refractivity contribution >= 4 is 17.2 Å². The SMILES string of the molecule is O=C(CC(CC(=NN(Cc1ccccc1)Cc1ccccc1)c1ccccc1)=NN(Cc1ccccc1)Cc1ccccc1)c1ccccc1. The summed E-state index contributed by atoms with van der Waals surface area (Å²) in [4.78, 5) is 13.8. The molecule has 5 heteroatoms. The largest absolute Gasteiger partial charge is 0.294 e. The van der Waals surface area contributed by atoms with Crippen molar-refractivity contribution in [3.05, 3.63) is 215 Å². The number of nitrogens with zero attached hydrogens (tertiary/aromatic N) is 4. The fourth-order valence-electron chi connectivity index (χ4n) is 5.86. The first-order chi connectivity index (χ1) is 24.7. The van der Waals surface area contributed by atoms with Gasteiger partial charge in [0.25, 0.3) is 0 Å². The summed E-state index contributed by atoms with van der Waals surface area (Å²) >= 11 is 0. The van der Waals surface area contributed by atoms with E-state index in [1.54, 1.807) is 0 Å². The lowest BCUT2D eigenvalue weighted by atomic mass is 9.99. The van der Waals surface area contributed by atoms with Crippen LogP contribution in [0.3, 0.4) is 0 Å². The lowest BCUT2D eigenvalue weighted by Crippen LogP contribution is -2.24. The van der Waals surface area contributed by atoms with Crippen LogP contribution in [0.15, 0.2) is 192 Å². The summed E-state index contributed by atoms with van der Waals surface area (Å²) in [7, 11) is 0. The predicted octanol–water partition coefficient (Wildman–Crippen LogP) is 9.81. The first-order valence-electron chi connectivity index (χ1n) is 17.1. The van der Waals surface area contributed by atoms with E-state index in [1.165, 1.54) is 11.1 Å². The van der Waals surface area contributed by atoms with E-state index in [0.29, 0.717) is 38.2 Å². The molecular formula is C45H42N4O. The second-order valence-corrected chi connectivity index (χ2v) is 12.3. The molecule has 0 atom stereocenters. The van der Waals surface area contributed by atoms with E-state index in [-0.39, 0.29) is 12.2 Å². The second kappa shape index (κ2) is 17.9. The highest BCUT2D eigenvalue weighted by molar-refractivity contribution is 6.18. The molecule has 0 N–H and O–H groups in total. The smallest absolute Gasteiger partial charge is 0.168 e. The minimum Gasteiger partial charge on any atom is -0.294 e. The van der Waals surface area contributed by atoms with Gasteiger partial charge in [-0.25, -0.2) is 0 Å². The minimum atomic E-state index is 0.0292. The topological polar surface area (TPSA) is 48.3 Å². The molecule has 0 aliphatic rings. The Kier molecular flexibility index (Phi) is 12.1. The molecule has 0 fully saturated rings. The first kappa shape index (κ1) is 33.8. The Morgan fingerprint density at radius 2 is 0.700 bits per heavy atom. The van der Waals surface area contributed by atoms with Crippen LogP contribution in [0.1, 0.15) is 51.0 Å². The molecule has 0 heterocycles. The van der Waals surface area contributed by atoms with Gasteiger partial charge in [0.2, 0.25) is 0 Å². The van der Waals surface area contributed by atoms with Crippen molar-refractivity contribution in [2.24, 2.45) is 10.2 Å². The second-order valence-electron chi connectivity index (χ2n) is 12.3. The molecule has 0 aromatic heterocycles. The van der Waals surface area contributed by atoms with Gasteiger partial charge in [-0.3, -0.25) is 14.8 Å². The first-order valence-corrected chi connectivity index (χ1v) is 17.1. The zero-order valence-corrected chi connectivity index (χ0v) is 28.3. The molecule has 0 radical (unpaired) electrons. The zero-order chi connectivity index (χ0) is 34.2. The molecule has 6 aromatic rings. The summed E-state index contributed by atoms with van der Waals surface area (Å²) in [5.41, 5.74) is 7.92. The van der Waals surface area contributed by atoms with Gasteiger partial charge in [0, 0.05) is 12.0 Å². The highest BCUT2D eigenvalue weighted by atomic mass is 16.1. The summed E-state index contributed by atoms with van der Waals surface area (Å²) in [6.07, 6.45) is 0.579. The molecule has 6 aromatic carbocycles. The number of rotatable bonds is 16. The van der Waals surface area contributed by atoms with Crippen LogP contribution in [-0.2, 0) is 26.2 Å². The number of hydrogen-bond donors (Lipinski definition) is 0. The Hall–Kier alpha value is -6.07. The number of hydrogen-bond acceptors (Lipinski definition) is 5. The monoisotopic (exact) mass is 654 g/mol. The van der Waals surface area contributed by atoms with Gasteiger partial charge in [0.15, 0.2) is 5.78 Å². The van der Waals surface area contributed by atoms with Gasteiger partial charge >= 0.3 is 0 Å². The van der Waals surface area contributed by atoms with E-state index in [0.717, 1.165) is 28.1 Å². The number of Topliss-reactive ketones (excluding diaryl/α,β-unsaturated/α-hetero) is 1. The van der Waals surface area contributed by atoms with E-state index in [9.17, 15) is 4.79 Å². The maximum Gasteiger partial charge on any atom is 0.168 e. The fourth-order valence-corrected chi connectivity index (χ4v) is 5.86. The summed E-state index contributed by atoms with van der Waals surface area (Å²) in [5.74, 6) is 0.0292. The quantitative estimate of drug-likeness (QED) is 0.0593. The van der Waals surface area contributed by atoms with Crippen LogP contribution in [0.2, 0.25) is 0 Å². The Morgan fingerprint density at radius 3 is 1.08 bits per heavy atom. The van der Waals surface area contributed by atoms with Gasteiger partial charge in [0.05, 0.1) is 44.0 Å². The van der Waals surface area contributed by atoms with E-state index in [4.69, 9.17) is 10.2 Å². The Balaban J connectivity index is 1.41. The van der Waals surface area contributed by atoms with Crippen LogP contribution in [-0.4, -0.2) is 27.2 Å². The zero-order valence-electron chi connectivity index (χ0n) is 28.3. The summed E-state index contributed by atoms with van der Waals surface area (Å²) < 4.78 is 0. The summed E-state index contributed by atoms with van der Waals surface area (Å²) in [5, 5.41) is 14.9. The molecule has 248 valence electrons. The van der Waals surface area contributed by atoms with Gasteiger partial charge in [-0.1, -0.05) is 182 Å². The highest BCUT2D eigenvalue weighted by Crippen LogP contribution is 2.18. The Morgan fingerprint density at radius 1 is 0.380 bits per heavy atom. The average Bonchev–Trinajstić information content (AvgIpc) is 3.17. The van der Waals surface area contributed by atoms with E-state index in [1.807, 2.05) is 97.1 Å². The van der Waals surface area contributed by atoms with Crippen LogP contribution in [0.5, 0.6) is 0 Å². The van der Waals surface area contributed by atoms with Crippen molar-refractivity contribution in [1.29, 1.82) is 0 Å². The number of hydrazone groups is 2. The van der Waals surface area contributed by atoms with Crippen LogP contribution in [0.25, 0.3) is 0 Å². The molecule has 50 heavy (non-hydrogen) atoms. The average molecular weight is 655 g/mol. The fraction of sp³-hybridized carbons (Fsp3) is 0.133. The molecule has 0 spiro atoms. The minimum absolute atomic E-state index is 0.0292. The van der Waals surface area contributed by atoms with Crippen LogP contribution in [0.4, 0.5) is 0 Å². The van der Waals surface area contributed by atoms with Crippen LogP contribution < -0.4 is 0 Å².